The molecule has 2 aromatic carbocycles. The summed E-state index contributed by atoms with van der Waals surface area (Å²) in [5.41, 5.74) is 1.97. The van der Waals surface area contributed by atoms with E-state index in [0.29, 0.717) is 28.1 Å². The van der Waals surface area contributed by atoms with Crippen molar-refractivity contribution in [1.82, 2.24) is 14.6 Å². The van der Waals surface area contributed by atoms with E-state index in [0.717, 1.165) is 43.8 Å². The Kier molecular flexibility index (Phi) is 9.67. The molecule has 10 heteroatoms. The summed E-state index contributed by atoms with van der Waals surface area (Å²) in [7, 11) is -3.24. The number of nitrogens with one attached hydrogen (secondary N) is 1. The first-order chi connectivity index (χ1) is 17.8. The highest BCUT2D eigenvalue weighted by Crippen LogP contribution is 2.30. The number of nitrogens with zero attached hydrogens (tertiary/aromatic N) is 2. The number of hydrogen-bond donors (Lipinski definition) is 1. The molecule has 37 heavy (non-hydrogen) atoms. The zero-order valence-corrected chi connectivity index (χ0v) is 23.0. The number of aromatic nitrogens is 1. The van der Waals surface area contributed by atoms with Gasteiger partial charge in [-0.05, 0) is 54.7 Å². The molecule has 1 fully saturated rings. The van der Waals surface area contributed by atoms with Crippen molar-refractivity contribution in [3.8, 4) is 17.4 Å². The van der Waals surface area contributed by atoms with Crippen LogP contribution in [0, 0.1) is 0 Å². The van der Waals surface area contributed by atoms with Gasteiger partial charge < -0.3 is 9.47 Å². The van der Waals surface area contributed by atoms with Crippen molar-refractivity contribution >= 4 is 33.2 Å². The van der Waals surface area contributed by atoms with Crippen LogP contribution in [0.1, 0.15) is 37.3 Å². The van der Waals surface area contributed by atoms with E-state index in [1.165, 1.54) is 5.56 Å². The van der Waals surface area contributed by atoms with E-state index in [2.05, 4.69) is 20.7 Å². The number of sulfonamides is 1. The first-order valence-corrected chi connectivity index (χ1v) is 14.7. The molecule has 4 rings (SSSR count). The number of likely N-dealkylation sites (tertiary alicyclic amines) is 1. The Bertz CT molecular complexity index is 1280. The van der Waals surface area contributed by atoms with E-state index in [1.54, 1.807) is 30.5 Å². The maximum atomic E-state index is 11.8. The lowest BCUT2D eigenvalue weighted by Crippen LogP contribution is -2.37. The number of hydrogen-bond acceptors (Lipinski definition) is 6. The van der Waals surface area contributed by atoms with Crippen LogP contribution >= 0.6 is 23.2 Å². The van der Waals surface area contributed by atoms with Crippen LogP contribution in [0.4, 0.5) is 0 Å². The van der Waals surface area contributed by atoms with E-state index in [1.807, 2.05) is 31.2 Å². The average molecular weight is 565 g/mol. The Morgan fingerprint density at radius 3 is 2.49 bits per heavy atom. The van der Waals surface area contributed by atoms with Crippen LogP contribution in [0.15, 0.2) is 60.8 Å². The van der Waals surface area contributed by atoms with E-state index >= 15 is 0 Å². The summed E-state index contributed by atoms with van der Waals surface area (Å²) in [6.07, 6.45) is 4.15. The topological polar surface area (TPSA) is 80.8 Å². The van der Waals surface area contributed by atoms with Gasteiger partial charge >= 0.3 is 0 Å². The van der Waals surface area contributed by atoms with Crippen LogP contribution in [-0.4, -0.2) is 43.2 Å². The van der Waals surface area contributed by atoms with Gasteiger partial charge in [0.25, 0.3) is 0 Å². The third kappa shape index (κ3) is 8.58. The molecule has 0 aliphatic carbocycles. The van der Waals surface area contributed by atoms with Gasteiger partial charge in [0.2, 0.25) is 15.9 Å². The third-order valence-corrected chi connectivity index (χ3v) is 8.29. The lowest BCUT2D eigenvalue weighted by atomic mass is 10.1. The monoisotopic (exact) mass is 563 g/mol. The van der Waals surface area contributed by atoms with Gasteiger partial charge in [0.05, 0.1) is 15.8 Å². The molecule has 1 aromatic heterocycles. The number of benzene rings is 2. The highest BCUT2D eigenvalue weighted by molar-refractivity contribution is 7.89. The number of ether oxygens (including phenoxy) is 2. The zero-order chi connectivity index (χ0) is 26.3. The Morgan fingerprint density at radius 1 is 1.00 bits per heavy atom. The van der Waals surface area contributed by atoms with Gasteiger partial charge in [-0.25, -0.2) is 18.1 Å². The lowest BCUT2D eigenvalue weighted by molar-refractivity contribution is 0.0932. The van der Waals surface area contributed by atoms with Gasteiger partial charge in [0.1, 0.15) is 17.6 Å². The molecule has 1 aliphatic heterocycles. The van der Waals surface area contributed by atoms with Crippen molar-refractivity contribution in [3.63, 3.8) is 0 Å². The SMILES string of the molecule is CCCS(=O)(=O)NCc1ccc(OC2CCN(Cc3cccc(Oc4ccc(Cl)c(Cl)c4)c3)CC2)nc1. The molecular formula is C27H31Cl2N3O4S. The highest BCUT2D eigenvalue weighted by atomic mass is 35.5. The normalized spacial score (nSPS) is 15.0. The van der Waals surface area contributed by atoms with Crippen LogP contribution in [0.5, 0.6) is 17.4 Å². The summed E-state index contributed by atoms with van der Waals surface area (Å²) in [5, 5.41) is 0.956. The van der Waals surface area contributed by atoms with E-state index in [9.17, 15) is 8.42 Å². The van der Waals surface area contributed by atoms with Crippen molar-refractivity contribution in [2.45, 2.75) is 45.4 Å². The van der Waals surface area contributed by atoms with Crippen molar-refractivity contribution in [3.05, 3.63) is 82.0 Å². The Morgan fingerprint density at radius 2 is 1.78 bits per heavy atom. The maximum Gasteiger partial charge on any atom is 0.213 e. The second-order valence-corrected chi connectivity index (χ2v) is 11.8. The van der Waals surface area contributed by atoms with Crippen molar-refractivity contribution in [2.75, 3.05) is 18.8 Å². The second kappa shape index (κ2) is 12.9. The summed E-state index contributed by atoms with van der Waals surface area (Å²) in [5.74, 6) is 2.08. The zero-order valence-electron chi connectivity index (χ0n) is 20.7. The number of rotatable bonds is 11. The number of halogens is 2. The molecule has 1 N–H and O–H groups in total. The lowest BCUT2D eigenvalue weighted by Gasteiger charge is -2.32. The standard InChI is InChI=1S/C27H31Cl2N3O4S/c1-2-14-37(33,34)31-18-21-6-9-27(30-17-21)36-22-10-12-32(13-11-22)19-20-4-3-5-23(15-20)35-24-7-8-25(28)26(29)16-24/h3-9,15-17,22,31H,2,10-14,18-19H2,1H3. The molecule has 198 valence electrons. The average Bonchev–Trinajstić information content (AvgIpc) is 2.87. The second-order valence-electron chi connectivity index (χ2n) is 9.06. The quantitative estimate of drug-likeness (QED) is 0.305. The van der Waals surface area contributed by atoms with Crippen LogP contribution in [0.2, 0.25) is 10.0 Å². The Labute approximate surface area is 228 Å². The molecular weight excluding hydrogens is 533 g/mol. The van der Waals surface area contributed by atoms with Gasteiger partial charge in [-0.15, -0.1) is 0 Å². The Balaban J connectivity index is 1.23. The fourth-order valence-electron chi connectivity index (χ4n) is 4.12. The van der Waals surface area contributed by atoms with Crippen molar-refractivity contribution < 1.29 is 17.9 Å². The van der Waals surface area contributed by atoms with Crippen LogP contribution in [0.3, 0.4) is 0 Å². The van der Waals surface area contributed by atoms with E-state index < -0.39 is 10.0 Å². The molecule has 0 amide bonds. The van der Waals surface area contributed by atoms with E-state index in [4.69, 9.17) is 32.7 Å². The number of piperidine rings is 1. The fourth-order valence-corrected chi connectivity index (χ4v) is 5.47. The molecule has 0 saturated carbocycles. The predicted molar refractivity (Wildman–Crippen MR) is 147 cm³/mol. The van der Waals surface area contributed by atoms with Gasteiger partial charge in [-0.3, -0.25) is 4.90 Å². The van der Waals surface area contributed by atoms with Crippen molar-refractivity contribution in [2.24, 2.45) is 0 Å². The third-order valence-electron chi connectivity index (χ3n) is 6.02. The largest absolute Gasteiger partial charge is 0.474 e. The molecule has 0 unspecified atom stereocenters. The predicted octanol–water partition coefficient (Wildman–Crippen LogP) is 6.05. The fraction of sp³-hybridized carbons (Fsp3) is 0.370. The van der Waals surface area contributed by atoms with E-state index in [-0.39, 0.29) is 18.4 Å². The molecule has 0 radical (unpaired) electrons. The smallest absolute Gasteiger partial charge is 0.213 e. The minimum atomic E-state index is -3.24. The maximum absolute atomic E-state index is 11.8. The molecule has 0 atom stereocenters. The molecule has 0 bridgehead atoms. The van der Waals surface area contributed by atoms with Crippen LogP contribution in [-0.2, 0) is 23.1 Å². The molecule has 2 heterocycles. The molecule has 7 nitrogen and oxygen atoms in total. The first-order valence-electron chi connectivity index (χ1n) is 12.3. The molecule has 0 spiro atoms. The van der Waals surface area contributed by atoms with Crippen LogP contribution < -0.4 is 14.2 Å². The van der Waals surface area contributed by atoms with Gasteiger partial charge in [-0.2, -0.15) is 0 Å². The van der Waals surface area contributed by atoms with Gasteiger partial charge in [0.15, 0.2) is 0 Å². The Hall–Kier alpha value is -2.36. The minimum Gasteiger partial charge on any atom is -0.474 e. The molecule has 1 aliphatic rings. The summed E-state index contributed by atoms with van der Waals surface area (Å²) in [4.78, 5) is 6.76. The van der Waals surface area contributed by atoms with Gasteiger partial charge in [0, 0.05) is 44.5 Å². The van der Waals surface area contributed by atoms with Crippen molar-refractivity contribution in [1.29, 1.82) is 0 Å². The minimum absolute atomic E-state index is 0.0991. The molecule has 3 aromatic rings. The summed E-state index contributed by atoms with van der Waals surface area (Å²) in [6, 6.07) is 16.9. The number of pyridine rings is 1. The van der Waals surface area contributed by atoms with Crippen LogP contribution in [0.25, 0.3) is 0 Å². The summed E-state index contributed by atoms with van der Waals surface area (Å²) < 4.78 is 38.3. The first kappa shape index (κ1) is 27.7. The summed E-state index contributed by atoms with van der Waals surface area (Å²) in [6.45, 7) is 4.73. The summed E-state index contributed by atoms with van der Waals surface area (Å²) >= 11 is 12.1. The van der Waals surface area contributed by atoms with Gasteiger partial charge in [-0.1, -0.05) is 48.3 Å². The molecule has 1 saturated heterocycles. The highest BCUT2D eigenvalue weighted by Gasteiger charge is 2.21.